The molecule has 0 heterocycles. The molecular formula is C19H32N2. The van der Waals surface area contributed by atoms with Gasteiger partial charge in [-0.3, -0.25) is 4.90 Å². The second-order valence-electron chi connectivity index (χ2n) is 7.08. The van der Waals surface area contributed by atoms with Crippen LogP contribution in [0.2, 0.25) is 0 Å². The van der Waals surface area contributed by atoms with E-state index in [-0.39, 0.29) is 0 Å². The summed E-state index contributed by atoms with van der Waals surface area (Å²) in [7, 11) is 2.02. The van der Waals surface area contributed by atoms with Crippen LogP contribution in [0, 0.1) is 5.92 Å². The Morgan fingerprint density at radius 3 is 2.33 bits per heavy atom. The van der Waals surface area contributed by atoms with E-state index in [0.717, 1.165) is 25.0 Å². The standard InChI is InChI=1S/C19H32N2/c1-15(2)11-12-21(19-9-10-19)14-17-5-7-18(8-6-17)16(3)13-20-4/h5-8,15-16,19-20H,9-14H2,1-4H3. The second kappa shape index (κ2) is 7.95. The van der Waals surface area contributed by atoms with Gasteiger partial charge in [0.25, 0.3) is 0 Å². The lowest BCUT2D eigenvalue weighted by molar-refractivity contribution is 0.239. The molecule has 0 bridgehead atoms. The van der Waals surface area contributed by atoms with Crippen LogP contribution in [0.1, 0.15) is 57.1 Å². The molecule has 0 aliphatic heterocycles. The summed E-state index contributed by atoms with van der Waals surface area (Å²) in [5.74, 6) is 1.39. The number of hydrogen-bond acceptors (Lipinski definition) is 2. The van der Waals surface area contributed by atoms with Gasteiger partial charge < -0.3 is 5.32 Å². The summed E-state index contributed by atoms with van der Waals surface area (Å²) in [5.41, 5.74) is 2.90. The Hall–Kier alpha value is -0.860. The van der Waals surface area contributed by atoms with E-state index in [1.165, 1.54) is 36.9 Å². The van der Waals surface area contributed by atoms with Gasteiger partial charge in [-0.05, 0) is 55.8 Å². The first-order valence-electron chi connectivity index (χ1n) is 8.57. The first-order chi connectivity index (χ1) is 10.1. The Morgan fingerprint density at radius 1 is 1.14 bits per heavy atom. The third kappa shape index (κ3) is 5.44. The van der Waals surface area contributed by atoms with Gasteiger partial charge in [-0.25, -0.2) is 0 Å². The van der Waals surface area contributed by atoms with Crippen molar-refractivity contribution < 1.29 is 0 Å². The Morgan fingerprint density at radius 2 is 1.81 bits per heavy atom. The molecule has 1 aromatic carbocycles. The van der Waals surface area contributed by atoms with Gasteiger partial charge in [0.15, 0.2) is 0 Å². The van der Waals surface area contributed by atoms with E-state index in [0.29, 0.717) is 5.92 Å². The number of rotatable bonds is 9. The fourth-order valence-electron chi connectivity index (χ4n) is 2.86. The molecule has 1 N–H and O–H groups in total. The van der Waals surface area contributed by atoms with Gasteiger partial charge in [0.05, 0.1) is 0 Å². The van der Waals surface area contributed by atoms with Crippen LogP contribution in [0.25, 0.3) is 0 Å². The number of nitrogens with one attached hydrogen (secondary N) is 1. The lowest BCUT2D eigenvalue weighted by Gasteiger charge is -2.23. The minimum Gasteiger partial charge on any atom is -0.319 e. The Labute approximate surface area is 130 Å². The van der Waals surface area contributed by atoms with Crippen molar-refractivity contribution in [2.45, 2.75) is 58.5 Å². The summed E-state index contributed by atoms with van der Waals surface area (Å²) in [6.45, 7) is 10.3. The molecule has 0 radical (unpaired) electrons. The zero-order valence-corrected chi connectivity index (χ0v) is 14.2. The van der Waals surface area contributed by atoms with Crippen LogP contribution in [0.15, 0.2) is 24.3 Å². The van der Waals surface area contributed by atoms with Gasteiger partial charge in [-0.2, -0.15) is 0 Å². The molecule has 0 aromatic heterocycles. The normalized spacial score (nSPS) is 16.7. The predicted octanol–water partition coefficient (Wildman–Crippen LogP) is 4.02. The van der Waals surface area contributed by atoms with Crippen LogP contribution < -0.4 is 5.32 Å². The molecule has 0 amide bonds. The molecule has 2 nitrogen and oxygen atoms in total. The average molecular weight is 288 g/mol. The maximum absolute atomic E-state index is 3.26. The molecule has 118 valence electrons. The molecule has 1 aliphatic rings. The van der Waals surface area contributed by atoms with Gasteiger partial charge in [0, 0.05) is 19.1 Å². The predicted molar refractivity (Wildman–Crippen MR) is 91.7 cm³/mol. The molecule has 1 atom stereocenters. The van der Waals surface area contributed by atoms with Crippen molar-refractivity contribution >= 4 is 0 Å². The summed E-state index contributed by atoms with van der Waals surface area (Å²) in [6.07, 6.45) is 4.11. The minimum absolute atomic E-state index is 0.588. The van der Waals surface area contributed by atoms with Crippen LogP contribution in [-0.2, 0) is 6.54 Å². The highest BCUT2D eigenvalue weighted by molar-refractivity contribution is 5.25. The number of hydrogen-bond donors (Lipinski definition) is 1. The highest BCUT2D eigenvalue weighted by atomic mass is 15.2. The molecule has 2 heteroatoms. The quantitative estimate of drug-likeness (QED) is 0.738. The Kier molecular flexibility index (Phi) is 6.25. The minimum atomic E-state index is 0.588. The van der Waals surface area contributed by atoms with Gasteiger partial charge in [0.1, 0.15) is 0 Å². The van der Waals surface area contributed by atoms with Crippen molar-refractivity contribution in [3.8, 4) is 0 Å². The highest BCUT2D eigenvalue weighted by Gasteiger charge is 2.28. The van der Waals surface area contributed by atoms with E-state index in [2.05, 4.69) is 55.3 Å². The first kappa shape index (κ1) is 16.5. The van der Waals surface area contributed by atoms with E-state index in [1.54, 1.807) is 0 Å². The van der Waals surface area contributed by atoms with Gasteiger partial charge in [-0.15, -0.1) is 0 Å². The lowest BCUT2D eigenvalue weighted by atomic mass is 9.99. The van der Waals surface area contributed by atoms with Crippen LogP contribution in [0.5, 0.6) is 0 Å². The van der Waals surface area contributed by atoms with E-state index < -0.39 is 0 Å². The largest absolute Gasteiger partial charge is 0.319 e. The smallest absolute Gasteiger partial charge is 0.0236 e. The summed E-state index contributed by atoms with van der Waals surface area (Å²) in [5, 5.41) is 3.26. The topological polar surface area (TPSA) is 15.3 Å². The highest BCUT2D eigenvalue weighted by Crippen LogP contribution is 2.29. The van der Waals surface area contributed by atoms with Crippen LogP contribution in [0.4, 0.5) is 0 Å². The van der Waals surface area contributed by atoms with Crippen LogP contribution >= 0.6 is 0 Å². The molecule has 1 fully saturated rings. The second-order valence-corrected chi connectivity index (χ2v) is 7.08. The Balaban J connectivity index is 1.91. The molecule has 1 aliphatic carbocycles. The maximum atomic E-state index is 3.26. The molecule has 1 saturated carbocycles. The van der Waals surface area contributed by atoms with Crippen molar-refractivity contribution in [2.24, 2.45) is 5.92 Å². The molecular weight excluding hydrogens is 256 g/mol. The summed E-state index contributed by atoms with van der Waals surface area (Å²) in [4.78, 5) is 2.69. The molecule has 1 unspecified atom stereocenters. The molecule has 21 heavy (non-hydrogen) atoms. The van der Waals surface area contributed by atoms with E-state index in [4.69, 9.17) is 0 Å². The zero-order valence-electron chi connectivity index (χ0n) is 14.2. The van der Waals surface area contributed by atoms with Crippen molar-refractivity contribution in [3.05, 3.63) is 35.4 Å². The average Bonchev–Trinajstić information content (AvgIpc) is 3.28. The molecule has 2 rings (SSSR count). The van der Waals surface area contributed by atoms with Crippen molar-refractivity contribution in [1.29, 1.82) is 0 Å². The van der Waals surface area contributed by atoms with Crippen molar-refractivity contribution in [2.75, 3.05) is 20.1 Å². The maximum Gasteiger partial charge on any atom is 0.0236 e. The van der Waals surface area contributed by atoms with Gasteiger partial charge in [0.2, 0.25) is 0 Å². The number of benzene rings is 1. The summed E-state index contributed by atoms with van der Waals surface area (Å²) in [6, 6.07) is 10.1. The number of likely N-dealkylation sites (N-methyl/N-ethyl adjacent to an activating group) is 1. The fraction of sp³-hybridized carbons (Fsp3) is 0.684. The third-order valence-electron chi connectivity index (χ3n) is 4.50. The van der Waals surface area contributed by atoms with E-state index >= 15 is 0 Å². The Bertz CT molecular complexity index is 406. The monoisotopic (exact) mass is 288 g/mol. The molecule has 0 saturated heterocycles. The van der Waals surface area contributed by atoms with Crippen LogP contribution in [-0.4, -0.2) is 31.1 Å². The van der Waals surface area contributed by atoms with Crippen LogP contribution in [0.3, 0.4) is 0 Å². The molecule has 1 aromatic rings. The van der Waals surface area contributed by atoms with E-state index in [9.17, 15) is 0 Å². The first-order valence-corrected chi connectivity index (χ1v) is 8.57. The fourth-order valence-corrected chi connectivity index (χ4v) is 2.86. The summed E-state index contributed by atoms with van der Waals surface area (Å²) < 4.78 is 0. The van der Waals surface area contributed by atoms with E-state index in [1.807, 2.05) is 7.05 Å². The number of nitrogens with zero attached hydrogens (tertiary/aromatic N) is 1. The van der Waals surface area contributed by atoms with Gasteiger partial charge in [-0.1, -0.05) is 45.0 Å². The van der Waals surface area contributed by atoms with Crippen molar-refractivity contribution in [1.82, 2.24) is 10.2 Å². The SMILES string of the molecule is CNCC(C)c1ccc(CN(CCC(C)C)C2CC2)cc1. The van der Waals surface area contributed by atoms with Crippen molar-refractivity contribution in [3.63, 3.8) is 0 Å². The third-order valence-corrected chi connectivity index (χ3v) is 4.50. The molecule has 0 spiro atoms. The summed E-state index contributed by atoms with van der Waals surface area (Å²) >= 11 is 0. The van der Waals surface area contributed by atoms with Gasteiger partial charge >= 0.3 is 0 Å². The zero-order chi connectivity index (χ0) is 15.2. The lowest BCUT2D eigenvalue weighted by Crippen LogP contribution is -2.27.